The summed E-state index contributed by atoms with van der Waals surface area (Å²) in [5.74, 6) is 0.718. The van der Waals surface area contributed by atoms with Crippen molar-refractivity contribution in [3.05, 3.63) is 89.0 Å². The molecule has 2 fully saturated rings. The number of alkyl halides is 3. The largest absolute Gasteiger partial charge is 0.504 e. The van der Waals surface area contributed by atoms with Gasteiger partial charge in [-0.2, -0.15) is 13.2 Å². The van der Waals surface area contributed by atoms with Crippen LogP contribution in [0, 0.1) is 11.8 Å². The van der Waals surface area contributed by atoms with Crippen molar-refractivity contribution in [1.29, 1.82) is 0 Å². The Bertz CT molecular complexity index is 2130. The molecule has 2 heterocycles. The third-order valence-electron chi connectivity index (χ3n) is 14.5. The molecule has 7 atom stereocenters. The van der Waals surface area contributed by atoms with Crippen LogP contribution in [0.1, 0.15) is 108 Å². The van der Waals surface area contributed by atoms with Crippen molar-refractivity contribution in [3.8, 4) is 17.2 Å². The van der Waals surface area contributed by atoms with Crippen molar-refractivity contribution in [2.24, 2.45) is 11.8 Å². The highest BCUT2D eigenvalue weighted by Gasteiger charge is 2.70. The lowest BCUT2D eigenvalue weighted by atomic mass is 9.53. The molecule has 1 unspecified atom stereocenters. The maximum atomic E-state index is 13.3. The van der Waals surface area contributed by atoms with Crippen LogP contribution in [0.25, 0.3) is 0 Å². The summed E-state index contributed by atoms with van der Waals surface area (Å²) in [7, 11) is 2.04. The molecule has 3 aromatic rings. The molecule has 4 aliphatic rings. The van der Waals surface area contributed by atoms with Crippen molar-refractivity contribution in [1.82, 2.24) is 15.1 Å². The highest BCUT2D eigenvalue weighted by Crippen LogP contribution is 2.62. The fourth-order valence-electron chi connectivity index (χ4n) is 10.4. The molecule has 1 saturated carbocycles. The minimum Gasteiger partial charge on any atom is -0.504 e. The van der Waals surface area contributed by atoms with Crippen molar-refractivity contribution in [2.45, 2.75) is 133 Å². The number of carbonyl (C=O) groups is 2. The van der Waals surface area contributed by atoms with Gasteiger partial charge in [0.2, 0.25) is 5.91 Å². The molecule has 11 nitrogen and oxygen atoms in total. The summed E-state index contributed by atoms with van der Waals surface area (Å²) in [6.45, 7) is 15.9. The Kier molecular flexibility index (Phi) is 14.4. The standard InChI is InChI=1S/C51H68F3N3O8/c1-8-39(58)45-50-22-27-57(42(49(50,6)61)31-34-14-19-40(59)44(65-45)43(34)50)32-35-30-38(35)46(60)55-24-29-63-48(4,5)23-28-62-47(2,3)21-26-56(7)25-20-41(33-12-10-9-11-13-33)64-37-17-15-36(16-18-37)51(52,53)54/h9-19,35,38,41-42,45,59,61H,8,20-32H2,1-7H3,(H,55,60)/t35-,38+,41?,42+,45-,49+,50-/m0/s1. The van der Waals surface area contributed by atoms with Crippen molar-refractivity contribution < 1.29 is 51.9 Å². The fraction of sp³-hybridized carbons (Fsp3) is 0.608. The number of amides is 1. The predicted octanol–water partition coefficient (Wildman–Crippen LogP) is 8.04. The number of hydrogen-bond donors (Lipinski definition) is 3. The Labute approximate surface area is 381 Å². The zero-order chi connectivity index (χ0) is 47.0. The molecule has 2 bridgehead atoms. The number of aromatic hydroxyl groups is 1. The van der Waals surface area contributed by atoms with Crippen molar-refractivity contribution in [3.63, 3.8) is 0 Å². The monoisotopic (exact) mass is 907 g/mol. The third-order valence-corrected chi connectivity index (χ3v) is 14.5. The number of likely N-dealkylation sites (tertiary alicyclic amines) is 1. The molecule has 2 aliphatic carbocycles. The number of fused-ring (bicyclic) bond motifs is 1. The number of ketones is 1. The quantitative estimate of drug-likeness (QED) is 0.0853. The van der Waals surface area contributed by atoms with Gasteiger partial charge in [-0.25, -0.2) is 0 Å². The van der Waals surface area contributed by atoms with Crippen LogP contribution < -0.4 is 14.8 Å². The number of rotatable bonds is 22. The topological polar surface area (TPSA) is 130 Å². The summed E-state index contributed by atoms with van der Waals surface area (Å²) in [4.78, 5) is 31.0. The first-order chi connectivity index (χ1) is 30.7. The van der Waals surface area contributed by atoms with E-state index >= 15 is 0 Å². The molecule has 14 heteroatoms. The molecular formula is C51H68F3N3O8. The van der Waals surface area contributed by atoms with E-state index in [2.05, 4.69) is 29.0 Å². The average molecular weight is 908 g/mol. The van der Waals surface area contributed by atoms with E-state index in [1.54, 1.807) is 13.0 Å². The molecule has 356 valence electrons. The van der Waals surface area contributed by atoms with Crippen LogP contribution in [-0.4, -0.2) is 114 Å². The molecule has 7 rings (SSSR count). The normalized spacial score (nSPS) is 25.5. The van der Waals surface area contributed by atoms with E-state index in [4.69, 9.17) is 18.9 Å². The number of carbonyl (C=O) groups excluding carboxylic acids is 2. The van der Waals surface area contributed by atoms with Gasteiger partial charge < -0.3 is 39.4 Å². The molecule has 1 spiro atoms. The lowest BCUT2D eigenvalue weighted by Gasteiger charge is -2.59. The van der Waals surface area contributed by atoms with Crippen LogP contribution in [0.5, 0.6) is 17.2 Å². The van der Waals surface area contributed by atoms with Gasteiger partial charge in [-0.3, -0.25) is 14.5 Å². The zero-order valence-electron chi connectivity index (χ0n) is 39.0. The highest BCUT2D eigenvalue weighted by atomic mass is 19.4. The number of Topliss-reactive ketones (excluding diaryl/α,β-unsaturated/α-hetero) is 1. The van der Waals surface area contributed by atoms with Crippen LogP contribution in [0.2, 0.25) is 0 Å². The Balaban J connectivity index is 0.801. The van der Waals surface area contributed by atoms with Gasteiger partial charge in [-0.1, -0.05) is 43.3 Å². The molecule has 3 aromatic carbocycles. The average Bonchev–Trinajstić information content (AvgIpc) is 3.93. The van der Waals surface area contributed by atoms with Crippen LogP contribution in [0.15, 0.2) is 66.7 Å². The number of halogens is 3. The lowest BCUT2D eigenvalue weighted by molar-refractivity contribution is -0.164. The van der Waals surface area contributed by atoms with E-state index in [0.29, 0.717) is 76.6 Å². The van der Waals surface area contributed by atoms with Gasteiger partial charge in [0, 0.05) is 56.5 Å². The van der Waals surface area contributed by atoms with Crippen LogP contribution >= 0.6 is 0 Å². The number of piperidine rings is 1. The molecule has 1 amide bonds. The first-order valence-corrected chi connectivity index (χ1v) is 23.3. The van der Waals surface area contributed by atoms with Gasteiger partial charge in [-0.05, 0) is 128 Å². The predicted molar refractivity (Wildman–Crippen MR) is 241 cm³/mol. The summed E-state index contributed by atoms with van der Waals surface area (Å²) in [5.41, 5.74) is -1.05. The molecule has 1 saturated heterocycles. The van der Waals surface area contributed by atoms with Gasteiger partial charge in [0.05, 0.1) is 41.0 Å². The lowest BCUT2D eigenvalue weighted by Crippen LogP contribution is -2.73. The summed E-state index contributed by atoms with van der Waals surface area (Å²) >= 11 is 0. The number of benzene rings is 3. The van der Waals surface area contributed by atoms with Crippen LogP contribution in [0.4, 0.5) is 13.2 Å². The van der Waals surface area contributed by atoms with Crippen LogP contribution in [-0.2, 0) is 37.1 Å². The number of nitrogens with zero attached hydrogens (tertiary/aromatic N) is 2. The van der Waals surface area contributed by atoms with Gasteiger partial charge in [0.1, 0.15) is 11.9 Å². The first kappa shape index (κ1) is 48.7. The van der Waals surface area contributed by atoms with E-state index in [-0.39, 0.29) is 47.8 Å². The number of hydrogen-bond acceptors (Lipinski definition) is 10. The Morgan fingerprint density at radius 2 is 1.66 bits per heavy atom. The maximum absolute atomic E-state index is 13.3. The Morgan fingerprint density at radius 3 is 2.35 bits per heavy atom. The van der Waals surface area contributed by atoms with E-state index in [9.17, 15) is 33.0 Å². The number of nitrogens with one attached hydrogen (secondary N) is 1. The van der Waals surface area contributed by atoms with Gasteiger partial charge in [0.15, 0.2) is 23.4 Å². The zero-order valence-corrected chi connectivity index (χ0v) is 39.0. The molecule has 65 heavy (non-hydrogen) atoms. The van der Waals surface area contributed by atoms with Gasteiger partial charge in [0.25, 0.3) is 0 Å². The second kappa shape index (κ2) is 19.2. The molecule has 3 N–H and O–H groups in total. The highest BCUT2D eigenvalue weighted by molar-refractivity contribution is 5.88. The SMILES string of the molecule is CCC(=O)[C@@H]1Oc2c(O)ccc3c2[C@@]12CCN(C[C@@H]1C[C@H]1C(=O)NCCOC(C)(C)CCOC(C)(C)CCN(C)CCC(Oc1ccc(C(F)(F)F)cc1)c1ccccc1)[C@H](C3)[C@@]2(C)O. The summed E-state index contributed by atoms with van der Waals surface area (Å²) < 4.78 is 64.3. The Hall–Kier alpha value is -4.21. The third kappa shape index (κ3) is 10.7. The number of phenolic OH excluding ortho intramolecular Hbond substituents is 1. The van der Waals surface area contributed by atoms with E-state index in [1.165, 1.54) is 12.1 Å². The van der Waals surface area contributed by atoms with Crippen molar-refractivity contribution in [2.75, 3.05) is 53.0 Å². The smallest absolute Gasteiger partial charge is 0.416 e. The first-order valence-electron chi connectivity index (χ1n) is 23.3. The number of aliphatic hydroxyl groups is 1. The Morgan fingerprint density at radius 1 is 0.969 bits per heavy atom. The summed E-state index contributed by atoms with van der Waals surface area (Å²) in [5, 5.41) is 26.1. The molecule has 0 aromatic heterocycles. The van der Waals surface area contributed by atoms with E-state index in [1.807, 2.05) is 64.2 Å². The van der Waals surface area contributed by atoms with E-state index < -0.39 is 40.1 Å². The second-order valence-electron chi connectivity index (χ2n) is 20.1. The molecular weight excluding hydrogens is 840 g/mol. The number of phenols is 1. The number of ether oxygens (including phenoxy) is 4. The fourth-order valence-corrected chi connectivity index (χ4v) is 10.4. The minimum atomic E-state index is -4.40. The minimum absolute atomic E-state index is 0.00182. The van der Waals surface area contributed by atoms with Gasteiger partial charge >= 0.3 is 6.18 Å². The van der Waals surface area contributed by atoms with Crippen molar-refractivity contribution >= 4 is 11.7 Å². The molecule has 2 aliphatic heterocycles. The molecule has 0 radical (unpaired) electrons. The van der Waals surface area contributed by atoms with Gasteiger partial charge in [-0.15, -0.1) is 0 Å². The maximum Gasteiger partial charge on any atom is 0.416 e. The second-order valence-corrected chi connectivity index (χ2v) is 20.1. The van der Waals surface area contributed by atoms with E-state index in [0.717, 1.165) is 48.2 Å². The summed E-state index contributed by atoms with van der Waals surface area (Å²) in [6.07, 6.45) is -1.36. The van der Waals surface area contributed by atoms with Crippen LogP contribution in [0.3, 0.4) is 0 Å². The summed E-state index contributed by atoms with van der Waals surface area (Å²) in [6, 6.07) is 17.8.